The fourth-order valence-corrected chi connectivity index (χ4v) is 6.58. The molecular formula is C21H27N3O4S. The van der Waals surface area contributed by atoms with Crippen LogP contribution in [0.15, 0.2) is 0 Å². The van der Waals surface area contributed by atoms with Crippen LogP contribution in [-0.4, -0.2) is 35.1 Å². The second kappa shape index (κ2) is 6.65. The first-order valence-corrected chi connectivity index (χ1v) is 11.0. The van der Waals surface area contributed by atoms with Crippen molar-refractivity contribution in [3.63, 3.8) is 0 Å². The molecule has 2 heterocycles. The molecule has 2 fully saturated rings. The molecule has 0 aromatic carbocycles. The standard InChI is InChI=1S/C21H27N3O4S/c1-20(2)12-7-9-21(20,3)19(28)24(18(12)27)10-8-14(25)23-17-15(16(22)26)11-5-4-6-13(11)29-17/h12H,4-10H2,1-3H3,(H2,22,26)(H,23,25). The third-order valence-corrected chi connectivity index (χ3v) is 8.70. The zero-order valence-corrected chi connectivity index (χ0v) is 17.9. The molecule has 4 amide bonds. The zero-order chi connectivity index (χ0) is 21.1. The zero-order valence-electron chi connectivity index (χ0n) is 17.1. The number of hydrogen-bond acceptors (Lipinski definition) is 5. The van der Waals surface area contributed by atoms with Gasteiger partial charge in [-0.1, -0.05) is 20.8 Å². The molecule has 4 rings (SSSR count). The molecule has 2 aliphatic carbocycles. The van der Waals surface area contributed by atoms with Gasteiger partial charge in [-0.05, 0) is 43.1 Å². The Morgan fingerprint density at radius 1 is 1.24 bits per heavy atom. The van der Waals surface area contributed by atoms with Crippen LogP contribution in [0.5, 0.6) is 0 Å². The van der Waals surface area contributed by atoms with Crippen molar-refractivity contribution in [2.45, 2.75) is 59.3 Å². The van der Waals surface area contributed by atoms with E-state index < -0.39 is 11.3 Å². The molecular weight excluding hydrogens is 390 g/mol. The third-order valence-electron chi connectivity index (χ3n) is 7.49. The smallest absolute Gasteiger partial charge is 0.251 e. The minimum absolute atomic E-state index is 0.00147. The van der Waals surface area contributed by atoms with E-state index in [4.69, 9.17) is 5.73 Å². The lowest BCUT2D eigenvalue weighted by Gasteiger charge is -2.47. The molecule has 0 radical (unpaired) electrons. The molecule has 2 unspecified atom stereocenters. The summed E-state index contributed by atoms with van der Waals surface area (Å²) in [6.45, 7) is 5.97. The molecule has 7 nitrogen and oxygen atoms in total. The first-order chi connectivity index (χ1) is 13.6. The number of aryl methyl sites for hydroxylation is 1. The molecule has 1 saturated heterocycles. The van der Waals surface area contributed by atoms with Gasteiger partial charge in [0.2, 0.25) is 17.7 Å². The van der Waals surface area contributed by atoms with Crippen LogP contribution in [-0.2, 0) is 27.2 Å². The number of likely N-dealkylation sites (tertiary alicyclic amines) is 1. The first-order valence-electron chi connectivity index (χ1n) is 10.2. The number of rotatable bonds is 5. The molecule has 0 spiro atoms. The number of hydrogen-bond donors (Lipinski definition) is 2. The molecule has 29 heavy (non-hydrogen) atoms. The number of primary amides is 1. The molecule has 3 aliphatic rings. The molecule has 2 atom stereocenters. The summed E-state index contributed by atoms with van der Waals surface area (Å²) in [7, 11) is 0. The summed E-state index contributed by atoms with van der Waals surface area (Å²) in [4.78, 5) is 52.7. The van der Waals surface area contributed by atoms with Crippen LogP contribution in [0.25, 0.3) is 0 Å². The topological polar surface area (TPSA) is 110 Å². The molecule has 1 aliphatic heterocycles. The predicted molar refractivity (Wildman–Crippen MR) is 109 cm³/mol. The van der Waals surface area contributed by atoms with Gasteiger partial charge in [-0.25, -0.2) is 0 Å². The summed E-state index contributed by atoms with van der Waals surface area (Å²) in [5.74, 6) is -1.39. The maximum atomic E-state index is 13.1. The normalized spacial score (nSPS) is 27.3. The number of carbonyl (C=O) groups is 4. The van der Waals surface area contributed by atoms with Crippen LogP contribution in [0.3, 0.4) is 0 Å². The number of imide groups is 1. The largest absolute Gasteiger partial charge is 0.365 e. The van der Waals surface area contributed by atoms with Crippen molar-refractivity contribution in [1.29, 1.82) is 0 Å². The molecule has 3 N–H and O–H groups in total. The third kappa shape index (κ3) is 2.83. The Bertz CT molecular complexity index is 935. The summed E-state index contributed by atoms with van der Waals surface area (Å²) >= 11 is 1.40. The summed E-state index contributed by atoms with van der Waals surface area (Å²) < 4.78 is 0. The van der Waals surface area contributed by atoms with Gasteiger partial charge in [-0.15, -0.1) is 11.3 Å². The predicted octanol–water partition coefficient (Wildman–Crippen LogP) is 2.48. The number of carbonyl (C=O) groups excluding carboxylic acids is 4. The summed E-state index contributed by atoms with van der Waals surface area (Å²) in [5, 5.41) is 3.27. The number of anilines is 1. The minimum atomic E-state index is -0.574. The van der Waals surface area contributed by atoms with Crippen LogP contribution in [0, 0.1) is 16.7 Å². The minimum Gasteiger partial charge on any atom is -0.365 e. The lowest BCUT2D eigenvalue weighted by Crippen LogP contribution is -2.59. The van der Waals surface area contributed by atoms with E-state index in [0.717, 1.165) is 29.7 Å². The van der Waals surface area contributed by atoms with Crippen molar-refractivity contribution in [3.05, 3.63) is 16.0 Å². The van der Waals surface area contributed by atoms with Gasteiger partial charge in [-0.2, -0.15) is 0 Å². The maximum Gasteiger partial charge on any atom is 0.251 e. The maximum absolute atomic E-state index is 13.1. The molecule has 1 saturated carbocycles. The van der Waals surface area contributed by atoms with E-state index in [2.05, 4.69) is 5.32 Å². The number of fused-ring (bicyclic) bond motifs is 3. The number of amides is 4. The quantitative estimate of drug-likeness (QED) is 0.717. The lowest BCUT2D eigenvalue weighted by atomic mass is 9.62. The van der Waals surface area contributed by atoms with Gasteiger partial charge in [0.1, 0.15) is 5.00 Å². The van der Waals surface area contributed by atoms with E-state index in [1.165, 1.54) is 16.2 Å². The SMILES string of the molecule is CC12CCC(C(=O)N(CCC(=O)Nc3sc4c(c3C(N)=O)CCC4)C1=O)C2(C)C. The molecule has 2 bridgehead atoms. The summed E-state index contributed by atoms with van der Waals surface area (Å²) in [5.41, 5.74) is 5.95. The Hall–Kier alpha value is -2.22. The Labute approximate surface area is 174 Å². The van der Waals surface area contributed by atoms with E-state index in [0.29, 0.717) is 23.4 Å². The highest BCUT2D eigenvalue weighted by atomic mass is 32.1. The van der Waals surface area contributed by atoms with E-state index >= 15 is 0 Å². The number of nitrogens with zero attached hydrogens (tertiary/aromatic N) is 1. The van der Waals surface area contributed by atoms with Crippen LogP contribution in [0.1, 0.15) is 67.3 Å². The summed E-state index contributed by atoms with van der Waals surface area (Å²) in [6, 6.07) is 0. The number of nitrogens with one attached hydrogen (secondary N) is 1. The average Bonchev–Trinajstić information content (AvgIpc) is 3.24. The van der Waals surface area contributed by atoms with Crippen LogP contribution >= 0.6 is 11.3 Å². The molecule has 156 valence electrons. The monoisotopic (exact) mass is 417 g/mol. The highest BCUT2D eigenvalue weighted by Gasteiger charge is 2.64. The van der Waals surface area contributed by atoms with Crippen molar-refractivity contribution in [3.8, 4) is 0 Å². The van der Waals surface area contributed by atoms with E-state index in [1.807, 2.05) is 20.8 Å². The van der Waals surface area contributed by atoms with Gasteiger partial charge < -0.3 is 11.1 Å². The number of nitrogens with two attached hydrogens (primary N) is 1. The van der Waals surface area contributed by atoms with Crippen molar-refractivity contribution in [2.75, 3.05) is 11.9 Å². The van der Waals surface area contributed by atoms with Crippen molar-refractivity contribution < 1.29 is 19.2 Å². The van der Waals surface area contributed by atoms with E-state index in [9.17, 15) is 19.2 Å². The second-order valence-electron chi connectivity index (χ2n) is 9.16. The van der Waals surface area contributed by atoms with E-state index in [1.54, 1.807) is 0 Å². The Kier molecular flexibility index (Phi) is 4.60. The van der Waals surface area contributed by atoms with Gasteiger partial charge in [0.05, 0.1) is 11.0 Å². The number of piperidine rings is 1. The van der Waals surface area contributed by atoms with E-state index in [-0.39, 0.29) is 42.0 Å². The molecule has 8 heteroatoms. The van der Waals surface area contributed by atoms with Gasteiger partial charge >= 0.3 is 0 Å². The van der Waals surface area contributed by atoms with Crippen LogP contribution in [0.2, 0.25) is 0 Å². The highest BCUT2D eigenvalue weighted by molar-refractivity contribution is 7.17. The number of thiophene rings is 1. The van der Waals surface area contributed by atoms with Crippen molar-refractivity contribution in [1.82, 2.24) is 4.90 Å². The second-order valence-corrected chi connectivity index (χ2v) is 10.3. The highest BCUT2D eigenvalue weighted by Crippen LogP contribution is 2.60. The fourth-order valence-electron chi connectivity index (χ4n) is 5.27. The van der Waals surface area contributed by atoms with Gasteiger partial charge in [0.25, 0.3) is 5.91 Å². The van der Waals surface area contributed by atoms with Crippen LogP contribution < -0.4 is 11.1 Å². The first kappa shape index (κ1) is 20.1. The van der Waals surface area contributed by atoms with Crippen LogP contribution in [0.4, 0.5) is 5.00 Å². The van der Waals surface area contributed by atoms with Gasteiger partial charge in [0, 0.05) is 23.8 Å². The van der Waals surface area contributed by atoms with Gasteiger partial charge in [0.15, 0.2) is 0 Å². The summed E-state index contributed by atoms with van der Waals surface area (Å²) in [6.07, 6.45) is 4.09. The Morgan fingerprint density at radius 2 is 1.97 bits per heavy atom. The van der Waals surface area contributed by atoms with Crippen molar-refractivity contribution >= 4 is 40.0 Å². The Morgan fingerprint density at radius 3 is 2.66 bits per heavy atom. The van der Waals surface area contributed by atoms with Crippen molar-refractivity contribution in [2.24, 2.45) is 22.5 Å². The average molecular weight is 418 g/mol. The molecule has 1 aromatic heterocycles. The molecule has 1 aromatic rings. The lowest BCUT2D eigenvalue weighted by molar-refractivity contribution is -0.167. The van der Waals surface area contributed by atoms with Gasteiger partial charge in [-0.3, -0.25) is 24.1 Å². The fraction of sp³-hybridized carbons (Fsp3) is 0.619. The Balaban J connectivity index is 1.46.